The van der Waals surface area contributed by atoms with E-state index in [9.17, 15) is 0 Å². The third-order valence-electron chi connectivity index (χ3n) is 0.598. The van der Waals surface area contributed by atoms with Gasteiger partial charge in [0, 0.05) is 18.8 Å². The number of allylic oxidation sites excluding steroid dienone is 1. The van der Waals surface area contributed by atoms with E-state index in [2.05, 4.69) is 22.5 Å². The van der Waals surface area contributed by atoms with Crippen molar-refractivity contribution in [1.29, 1.82) is 0 Å². The predicted octanol–water partition coefficient (Wildman–Crippen LogP) is 0.905. The van der Waals surface area contributed by atoms with Crippen LogP contribution in [0.5, 0.6) is 0 Å². The highest BCUT2D eigenvalue weighted by Crippen LogP contribution is 1.77. The van der Waals surface area contributed by atoms with Crippen LogP contribution in [0.3, 0.4) is 0 Å². The van der Waals surface area contributed by atoms with Gasteiger partial charge in [0.2, 0.25) is 0 Å². The molecular formula is C7H8N2. The molecule has 0 aliphatic rings. The van der Waals surface area contributed by atoms with Crippen molar-refractivity contribution >= 4 is 12.6 Å². The number of hydrogen-bond donors (Lipinski definition) is 0. The average Bonchev–Trinajstić information content (AvgIpc) is 1.89. The lowest BCUT2D eigenvalue weighted by Gasteiger charge is -1.77. The van der Waals surface area contributed by atoms with Gasteiger partial charge in [-0.2, -0.15) is 0 Å². The Morgan fingerprint density at radius 2 is 2.44 bits per heavy atom. The minimum Gasteiger partial charge on any atom is -0.277 e. The molecule has 0 aromatic carbocycles. The normalized spacial score (nSPS) is 10.2. The molecule has 0 spiro atoms. The number of terminal acetylenes is 1. The summed E-state index contributed by atoms with van der Waals surface area (Å²) in [5.74, 6) is 2.32. The van der Waals surface area contributed by atoms with Gasteiger partial charge < -0.3 is 0 Å². The second-order valence-corrected chi connectivity index (χ2v) is 1.32. The highest BCUT2D eigenvalue weighted by Gasteiger charge is 1.73. The van der Waals surface area contributed by atoms with Crippen LogP contribution in [0.15, 0.2) is 22.1 Å². The number of rotatable bonds is 2. The zero-order chi connectivity index (χ0) is 7.11. The maximum absolute atomic E-state index is 4.97. The smallest absolute Gasteiger partial charge is 0.109 e. The van der Waals surface area contributed by atoms with Crippen LogP contribution in [0.1, 0.15) is 0 Å². The molecule has 2 nitrogen and oxygen atoms in total. The van der Waals surface area contributed by atoms with Gasteiger partial charge in [-0.15, -0.1) is 6.42 Å². The van der Waals surface area contributed by atoms with Gasteiger partial charge in [-0.05, 0) is 0 Å². The second kappa shape index (κ2) is 4.79. The standard InChI is InChI=1S/C7H8N2/c1-4-7(2)5-9-6-8-3/h1,5-6H,2H2,3H3/b8-6-,9-5-. The fraction of sp³-hybridized carbons (Fsp3) is 0.143. The molecule has 46 valence electrons. The topological polar surface area (TPSA) is 24.7 Å². The Bertz CT molecular complexity index is 182. The van der Waals surface area contributed by atoms with Crippen molar-refractivity contribution in [2.75, 3.05) is 7.05 Å². The average molecular weight is 120 g/mol. The zero-order valence-electron chi connectivity index (χ0n) is 5.33. The van der Waals surface area contributed by atoms with E-state index in [-0.39, 0.29) is 0 Å². The van der Waals surface area contributed by atoms with Gasteiger partial charge in [0.25, 0.3) is 0 Å². The van der Waals surface area contributed by atoms with E-state index >= 15 is 0 Å². The fourth-order valence-corrected chi connectivity index (χ4v) is 0.227. The third kappa shape index (κ3) is 4.49. The Morgan fingerprint density at radius 3 is 2.89 bits per heavy atom. The van der Waals surface area contributed by atoms with Crippen molar-refractivity contribution in [3.05, 3.63) is 12.2 Å². The highest BCUT2D eigenvalue weighted by atomic mass is 14.8. The van der Waals surface area contributed by atoms with E-state index in [1.54, 1.807) is 7.05 Å². The molecular weight excluding hydrogens is 112 g/mol. The minimum absolute atomic E-state index is 0.551. The molecule has 0 amide bonds. The van der Waals surface area contributed by atoms with Crippen LogP contribution in [0.2, 0.25) is 0 Å². The largest absolute Gasteiger partial charge is 0.277 e. The van der Waals surface area contributed by atoms with Gasteiger partial charge in [0.05, 0.1) is 0 Å². The molecule has 0 heterocycles. The van der Waals surface area contributed by atoms with E-state index in [4.69, 9.17) is 6.42 Å². The zero-order valence-corrected chi connectivity index (χ0v) is 5.33. The molecule has 0 N–H and O–H groups in total. The molecule has 2 heteroatoms. The summed E-state index contributed by atoms with van der Waals surface area (Å²) in [7, 11) is 1.63. The molecule has 0 aliphatic heterocycles. The maximum Gasteiger partial charge on any atom is 0.109 e. The van der Waals surface area contributed by atoms with E-state index in [0.29, 0.717) is 5.57 Å². The van der Waals surface area contributed by atoms with Crippen molar-refractivity contribution in [2.24, 2.45) is 9.98 Å². The van der Waals surface area contributed by atoms with Crippen LogP contribution in [-0.4, -0.2) is 19.6 Å². The highest BCUT2D eigenvalue weighted by molar-refractivity contribution is 5.88. The lowest BCUT2D eigenvalue weighted by molar-refractivity contribution is 1.45. The molecule has 0 aromatic rings. The third-order valence-corrected chi connectivity index (χ3v) is 0.598. The van der Waals surface area contributed by atoms with Crippen LogP contribution in [0, 0.1) is 12.3 Å². The van der Waals surface area contributed by atoms with Crippen LogP contribution >= 0.6 is 0 Å². The van der Waals surface area contributed by atoms with Crippen LogP contribution < -0.4 is 0 Å². The molecule has 0 aliphatic carbocycles. The first kappa shape index (κ1) is 7.64. The molecule has 0 atom stereocenters. The van der Waals surface area contributed by atoms with Gasteiger partial charge in [0.1, 0.15) is 6.34 Å². The Morgan fingerprint density at radius 1 is 1.78 bits per heavy atom. The van der Waals surface area contributed by atoms with Gasteiger partial charge in [-0.1, -0.05) is 12.5 Å². The summed E-state index contributed by atoms with van der Waals surface area (Å²) < 4.78 is 0. The van der Waals surface area contributed by atoms with E-state index in [1.165, 1.54) is 12.6 Å². The summed E-state index contributed by atoms with van der Waals surface area (Å²) in [6.45, 7) is 3.50. The summed E-state index contributed by atoms with van der Waals surface area (Å²) >= 11 is 0. The van der Waals surface area contributed by atoms with Gasteiger partial charge in [-0.25, -0.2) is 4.99 Å². The summed E-state index contributed by atoms with van der Waals surface area (Å²) in [5, 5.41) is 0. The quantitative estimate of drug-likeness (QED) is 0.294. The van der Waals surface area contributed by atoms with Gasteiger partial charge in [-0.3, -0.25) is 4.99 Å². The summed E-state index contributed by atoms with van der Waals surface area (Å²) in [4.78, 5) is 7.31. The Hall–Kier alpha value is -1.36. The summed E-state index contributed by atoms with van der Waals surface area (Å²) in [6, 6.07) is 0. The molecule has 0 saturated heterocycles. The molecule has 0 aromatic heterocycles. The Kier molecular flexibility index (Phi) is 4.07. The van der Waals surface area contributed by atoms with E-state index in [1.807, 2.05) is 0 Å². The number of hydrogen-bond acceptors (Lipinski definition) is 1. The van der Waals surface area contributed by atoms with Crippen LogP contribution in [0.4, 0.5) is 0 Å². The Balaban J connectivity index is 3.75. The molecule has 0 radical (unpaired) electrons. The van der Waals surface area contributed by atoms with Crippen molar-refractivity contribution in [3.8, 4) is 12.3 Å². The SMILES string of the molecule is C#CC(=C)/C=N\C=N/C. The lowest BCUT2D eigenvalue weighted by Crippen LogP contribution is -1.75. The summed E-state index contributed by atoms with van der Waals surface area (Å²) in [5.41, 5.74) is 0.551. The molecule has 9 heavy (non-hydrogen) atoms. The van der Waals surface area contributed by atoms with Crippen LogP contribution in [0.25, 0.3) is 0 Å². The molecule has 0 bridgehead atoms. The van der Waals surface area contributed by atoms with Crippen LogP contribution in [-0.2, 0) is 0 Å². The Labute approximate surface area is 55.0 Å². The first-order valence-corrected chi connectivity index (χ1v) is 2.40. The van der Waals surface area contributed by atoms with Gasteiger partial charge in [0.15, 0.2) is 0 Å². The van der Waals surface area contributed by atoms with Crippen molar-refractivity contribution < 1.29 is 0 Å². The lowest BCUT2D eigenvalue weighted by atomic mass is 10.4. The van der Waals surface area contributed by atoms with Crippen molar-refractivity contribution in [3.63, 3.8) is 0 Å². The fourth-order valence-electron chi connectivity index (χ4n) is 0.227. The molecule has 0 rings (SSSR count). The van der Waals surface area contributed by atoms with Gasteiger partial charge >= 0.3 is 0 Å². The number of aliphatic imine (C=N–C) groups is 2. The van der Waals surface area contributed by atoms with Crippen molar-refractivity contribution in [1.82, 2.24) is 0 Å². The monoisotopic (exact) mass is 120 g/mol. The minimum atomic E-state index is 0.551. The first-order valence-electron chi connectivity index (χ1n) is 2.40. The van der Waals surface area contributed by atoms with E-state index < -0.39 is 0 Å². The first-order chi connectivity index (χ1) is 4.31. The molecule has 0 saturated carbocycles. The van der Waals surface area contributed by atoms with Crippen molar-refractivity contribution in [2.45, 2.75) is 0 Å². The molecule has 0 fully saturated rings. The van der Waals surface area contributed by atoms with E-state index in [0.717, 1.165) is 0 Å². The maximum atomic E-state index is 4.97. The predicted molar refractivity (Wildman–Crippen MR) is 40.9 cm³/mol. The second-order valence-electron chi connectivity index (χ2n) is 1.32. The summed E-state index contributed by atoms with van der Waals surface area (Å²) in [6.07, 6.45) is 7.85. The molecule has 0 unspecified atom stereocenters. The number of nitrogens with zero attached hydrogens (tertiary/aromatic N) is 2.